The van der Waals surface area contributed by atoms with Crippen molar-refractivity contribution in [3.05, 3.63) is 23.5 Å². The first-order valence-electron chi connectivity index (χ1n) is 3.90. The van der Waals surface area contributed by atoms with Gasteiger partial charge in [-0.25, -0.2) is 4.79 Å². The van der Waals surface area contributed by atoms with E-state index in [-0.39, 0.29) is 0 Å². The Bertz CT molecular complexity index is 313. The van der Waals surface area contributed by atoms with Crippen LogP contribution in [-0.2, 0) is 4.74 Å². The van der Waals surface area contributed by atoms with E-state index in [9.17, 15) is 4.79 Å². The lowest BCUT2D eigenvalue weighted by atomic mass is 10.2. The molecular weight excluding hydrogens is 184 g/mol. The van der Waals surface area contributed by atoms with E-state index in [0.29, 0.717) is 16.9 Å². The van der Waals surface area contributed by atoms with Crippen molar-refractivity contribution in [1.82, 2.24) is 4.98 Å². The van der Waals surface area contributed by atoms with Gasteiger partial charge in [0.1, 0.15) is 0 Å². The minimum absolute atomic E-state index is 0.376. The van der Waals surface area contributed by atoms with Crippen LogP contribution in [-0.4, -0.2) is 30.3 Å². The number of aromatic nitrogens is 1. The molecular formula is C9H14N2O3. The van der Waals surface area contributed by atoms with Crippen LogP contribution in [0.2, 0.25) is 0 Å². The molecule has 1 heterocycles. The van der Waals surface area contributed by atoms with E-state index in [1.807, 2.05) is 0 Å². The molecule has 14 heavy (non-hydrogen) atoms. The number of hydrogen-bond donors (Lipinski definition) is 2. The Labute approximate surface area is 82.5 Å². The number of nitrogens with two attached hydrogens (primary N) is 1. The Balaban J connectivity index is 0.000000791. The van der Waals surface area contributed by atoms with E-state index >= 15 is 0 Å². The summed E-state index contributed by atoms with van der Waals surface area (Å²) in [6.45, 7) is 1.77. The third kappa shape index (κ3) is 3.02. The predicted octanol–water partition coefficient (Wildman–Crippen LogP) is 0.367. The molecule has 0 aromatic carbocycles. The Morgan fingerprint density at radius 1 is 1.57 bits per heavy atom. The number of carbonyl (C=O) groups excluding carboxylic acids is 1. The van der Waals surface area contributed by atoms with Crippen molar-refractivity contribution < 1.29 is 14.6 Å². The Morgan fingerprint density at radius 3 is 2.57 bits per heavy atom. The minimum atomic E-state index is -0.422. The molecule has 1 aromatic heterocycles. The fourth-order valence-electron chi connectivity index (χ4n) is 0.780. The van der Waals surface area contributed by atoms with Crippen LogP contribution < -0.4 is 5.73 Å². The predicted molar refractivity (Wildman–Crippen MR) is 52.9 cm³/mol. The molecule has 0 aliphatic heterocycles. The third-order valence-corrected chi connectivity index (χ3v) is 1.55. The maximum atomic E-state index is 11.0. The van der Waals surface area contributed by atoms with E-state index in [1.165, 1.54) is 13.3 Å². The zero-order chi connectivity index (χ0) is 11.1. The molecule has 5 nitrogen and oxygen atoms in total. The quantitative estimate of drug-likeness (QED) is 0.636. The fourth-order valence-corrected chi connectivity index (χ4v) is 0.780. The number of nitrogens with zero attached hydrogens (tertiary/aromatic N) is 1. The number of anilines is 1. The molecule has 0 aliphatic carbocycles. The van der Waals surface area contributed by atoms with Gasteiger partial charge < -0.3 is 15.6 Å². The van der Waals surface area contributed by atoms with Crippen molar-refractivity contribution in [3.63, 3.8) is 0 Å². The molecule has 3 N–H and O–H groups in total. The Hall–Kier alpha value is -1.62. The number of pyridine rings is 1. The maximum absolute atomic E-state index is 11.0. The fraction of sp³-hybridized carbons (Fsp3) is 0.333. The van der Waals surface area contributed by atoms with Gasteiger partial charge in [0.25, 0.3) is 0 Å². The van der Waals surface area contributed by atoms with Gasteiger partial charge in [-0.2, -0.15) is 0 Å². The second-order valence-corrected chi connectivity index (χ2v) is 2.39. The van der Waals surface area contributed by atoms with E-state index in [1.54, 1.807) is 13.0 Å². The number of methoxy groups -OCH3 is 1. The lowest BCUT2D eigenvalue weighted by molar-refractivity contribution is 0.0600. The van der Waals surface area contributed by atoms with Crippen LogP contribution in [0.3, 0.4) is 0 Å². The van der Waals surface area contributed by atoms with Crippen molar-refractivity contribution in [2.45, 2.75) is 6.92 Å². The van der Waals surface area contributed by atoms with Gasteiger partial charge in [-0.05, 0) is 13.0 Å². The number of aryl methyl sites for hydroxylation is 1. The highest BCUT2D eigenvalue weighted by Crippen LogP contribution is 2.09. The molecule has 0 saturated carbocycles. The zero-order valence-corrected chi connectivity index (χ0v) is 8.44. The van der Waals surface area contributed by atoms with E-state index in [4.69, 9.17) is 10.8 Å². The molecule has 78 valence electrons. The molecule has 0 amide bonds. The summed E-state index contributed by atoms with van der Waals surface area (Å²) in [6, 6.07) is 1.55. The number of esters is 1. The van der Waals surface area contributed by atoms with Gasteiger partial charge in [-0.3, -0.25) is 4.98 Å². The summed E-state index contributed by atoms with van der Waals surface area (Å²) in [7, 11) is 2.32. The van der Waals surface area contributed by atoms with Crippen molar-refractivity contribution in [2.24, 2.45) is 0 Å². The van der Waals surface area contributed by atoms with Crippen LogP contribution in [0.5, 0.6) is 0 Å². The number of aliphatic hydroxyl groups is 1. The van der Waals surface area contributed by atoms with E-state index in [2.05, 4.69) is 9.72 Å². The molecule has 0 spiro atoms. The molecule has 0 fully saturated rings. The number of carbonyl (C=O) groups is 1. The maximum Gasteiger partial charge on any atom is 0.339 e. The summed E-state index contributed by atoms with van der Waals surface area (Å²) >= 11 is 0. The van der Waals surface area contributed by atoms with Crippen LogP contribution in [0.25, 0.3) is 0 Å². The van der Waals surface area contributed by atoms with Crippen molar-refractivity contribution in [2.75, 3.05) is 20.0 Å². The lowest BCUT2D eigenvalue weighted by Gasteiger charge is -2.01. The standard InChI is InChI=1S/C8H10N2O2.CH4O/c1-5-7(9)3-6(4-10-5)8(11)12-2;1-2/h3-4H,9H2,1-2H3;2H,1H3. The normalized spacial score (nSPS) is 8.57. The van der Waals surface area contributed by atoms with Gasteiger partial charge in [0.05, 0.1) is 24.1 Å². The molecule has 5 heteroatoms. The molecule has 0 aliphatic rings. The van der Waals surface area contributed by atoms with Crippen molar-refractivity contribution >= 4 is 11.7 Å². The number of aliphatic hydroxyl groups excluding tert-OH is 1. The van der Waals surface area contributed by atoms with Gasteiger partial charge in [0.15, 0.2) is 0 Å². The lowest BCUT2D eigenvalue weighted by Crippen LogP contribution is -2.04. The first-order chi connectivity index (χ1) is 6.65. The van der Waals surface area contributed by atoms with Crippen molar-refractivity contribution in [3.8, 4) is 0 Å². The number of ether oxygens (including phenoxy) is 1. The molecule has 0 unspecified atom stereocenters. The van der Waals surface area contributed by atoms with E-state index < -0.39 is 5.97 Å². The first kappa shape index (κ1) is 12.4. The molecule has 0 bridgehead atoms. The highest BCUT2D eigenvalue weighted by atomic mass is 16.5. The van der Waals surface area contributed by atoms with Gasteiger partial charge in [-0.1, -0.05) is 0 Å². The van der Waals surface area contributed by atoms with Crippen LogP contribution in [0.1, 0.15) is 16.1 Å². The van der Waals surface area contributed by atoms with Gasteiger partial charge >= 0.3 is 5.97 Å². The number of nitrogen functional groups attached to an aromatic ring is 1. The topological polar surface area (TPSA) is 85.4 Å². The zero-order valence-electron chi connectivity index (χ0n) is 8.44. The monoisotopic (exact) mass is 198 g/mol. The minimum Gasteiger partial charge on any atom is -0.465 e. The van der Waals surface area contributed by atoms with Crippen LogP contribution in [0.15, 0.2) is 12.3 Å². The summed E-state index contributed by atoms with van der Waals surface area (Å²) in [4.78, 5) is 14.9. The SMILES string of the molecule is CO.COC(=O)c1cnc(C)c(N)c1. The van der Waals surface area contributed by atoms with Crippen LogP contribution >= 0.6 is 0 Å². The smallest absolute Gasteiger partial charge is 0.339 e. The largest absolute Gasteiger partial charge is 0.465 e. The summed E-state index contributed by atoms with van der Waals surface area (Å²) in [5, 5.41) is 7.00. The molecule has 0 saturated heterocycles. The summed E-state index contributed by atoms with van der Waals surface area (Å²) in [5.41, 5.74) is 7.13. The van der Waals surface area contributed by atoms with Gasteiger partial charge in [0, 0.05) is 13.3 Å². The average Bonchev–Trinajstić information content (AvgIpc) is 2.24. The average molecular weight is 198 g/mol. The second kappa shape index (κ2) is 5.93. The highest BCUT2D eigenvalue weighted by molar-refractivity contribution is 5.89. The van der Waals surface area contributed by atoms with Crippen molar-refractivity contribution in [1.29, 1.82) is 0 Å². The number of hydrogen-bond acceptors (Lipinski definition) is 5. The third-order valence-electron chi connectivity index (χ3n) is 1.55. The summed E-state index contributed by atoms with van der Waals surface area (Å²) < 4.78 is 4.50. The summed E-state index contributed by atoms with van der Waals surface area (Å²) in [6.07, 6.45) is 1.44. The summed E-state index contributed by atoms with van der Waals surface area (Å²) in [5.74, 6) is -0.422. The highest BCUT2D eigenvalue weighted by Gasteiger charge is 2.06. The van der Waals surface area contributed by atoms with Gasteiger partial charge in [0.2, 0.25) is 0 Å². The molecule has 1 rings (SSSR count). The first-order valence-corrected chi connectivity index (χ1v) is 3.90. The second-order valence-electron chi connectivity index (χ2n) is 2.39. The molecule has 0 atom stereocenters. The van der Waals surface area contributed by atoms with Crippen LogP contribution in [0.4, 0.5) is 5.69 Å². The van der Waals surface area contributed by atoms with E-state index in [0.717, 1.165) is 7.11 Å². The number of rotatable bonds is 1. The molecule has 1 aromatic rings. The Morgan fingerprint density at radius 2 is 2.14 bits per heavy atom. The molecule has 0 radical (unpaired) electrons. The van der Waals surface area contributed by atoms with Gasteiger partial charge in [-0.15, -0.1) is 0 Å². The van der Waals surface area contributed by atoms with Crippen LogP contribution in [0, 0.1) is 6.92 Å². The Kier molecular flexibility index (Phi) is 5.24.